The van der Waals surface area contributed by atoms with Crippen LogP contribution in [0.4, 0.5) is 0 Å². The molecule has 4 N–H and O–H groups in total. The molecule has 2 aliphatic heterocycles. The van der Waals surface area contributed by atoms with Gasteiger partial charge < -0.3 is 39.6 Å². The van der Waals surface area contributed by atoms with E-state index in [1.54, 1.807) is 0 Å². The highest BCUT2D eigenvalue weighted by molar-refractivity contribution is 5.85. The van der Waals surface area contributed by atoms with Gasteiger partial charge in [0, 0.05) is 37.8 Å². The summed E-state index contributed by atoms with van der Waals surface area (Å²) in [6.45, 7) is 9.88. The van der Waals surface area contributed by atoms with Gasteiger partial charge in [-0.15, -0.1) is 0 Å². The summed E-state index contributed by atoms with van der Waals surface area (Å²) in [5.74, 6) is -1.94. The van der Waals surface area contributed by atoms with Gasteiger partial charge in [0.25, 0.3) is 6.29 Å². The molecule has 0 bridgehead atoms. The summed E-state index contributed by atoms with van der Waals surface area (Å²) in [7, 11) is 0. The fourth-order valence-electron chi connectivity index (χ4n) is 1.32. The summed E-state index contributed by atoms with van der Waals surface area (Å²) in [6.07, 6.45) is 0.294. The van der Waals surface area contributed by atoms with E-state index >= 15 is 0 Å². The third-order valence-electron chi connectivity index (χ3n) is 2.49. The normalized spacial score (nSPS) is 18.0. The highest BCUT2D eigenvalue weighted by Gasteiger charge is 2.22. The standard InChI is InChI=1S/C7H10O3.C4H9NO.C3H6O.C2H4O4/c1-3-9-7-5(2)4-6(8)10-7;1-3-6-4-2-5-1;1-2-3-4;3-1(4)2(5)6/h4,7H,3H2,1-2H3;5H,1-4H2;3H,2H2,1H3;1,3-4H,(H,5,6). The molecule has 0 saturated carbocycles. The summed E-state index contributed by atoms with van der Waals surface area (Å²) >= 11 is 0. The van der Waals surface area contributed by atoms with Gasteiger partial charge >= 0.3 is 11.9 Å². The molecule has 0 aliphatic carbocycles. The topological polar surface area (TPSA) is 152 Å². The SMILES string of the molecule is C1COCCN1.CCC=O.CCOC1OC(=O)C=C1C.O=C(O)C(O)O. The van der Waals surface area contributed by atoms with Crippen molar-refractivity contribution in [3.8, 4) is 0 Å². The molecule has 26 heavy (non-hydrogen) atoms. The van der Waals surface area contributed by atoms with E-state index in [1.165, 1.54) is 6.08 Å². The first kappa shape index (κ1) is 26.4. The van der Waals surface area contributed by atoms with Gasteiger partial charge in [-0.25, -0.2) is 9.59 Å². The van der Waals surface area contributed by atoms with Crippen LogP contribution in [0.3, 0.4) is 0 Å². The number of aliphatic carboxylic acids is 1. The van der Waals surface area contributed by atoms with E-state index in [0.717, 1.165) is 38.2 Å². The maximum atomic E-state index is 10.6. The molecule has 0 aromatic rings. The summed E-state index contributed by atoms with van der Waals surface area (Å²) in [5, 5.41) is 25.8. The first-order valence-corrected chi connectivity index (χ1v) is 8.11. The predicted molar refractivity (Wildman–Crippen MR) is 91.2 cm³/mol. The zero-order valence-corrected chi connectivity index (χ0v) is 15.3. The third-order valence-corrected chi connectivity index (χ3v) is 2.49. The Kier molecular flexibility index (Phi) is 18.2. The van der Waals surface area contributed by atoms with Crippen molar-refractivity contribution >= 4 is 18.2 Å². The molecule has 0 spiro atoms. The molecule has 10 heteroatoms. The van der Waals surface area contributed by atoms with Gasteiger partial charge in [0.1, 0.15) is 6.29 Å². The van der Waals surface area contributed by atoms with Gasteiger partial charge in [0.2, 0.25) is 6.29 Å². The Bertz CT molecular complexity index is 408. The zero-order valence-electron chi connectivity index (χ0n) is 15.3. The number of ether oxygens (including phenoxy) is 3. The number of aldehydes is 1. The summed E-state index contributed by atoms with van der Waals surface area (Å²) in [4.78, 5) is 28.9. The highest BCUT2D eigenvalue weighted by atomic mass is 16.7. The summed E-state index contributed by atoms with van der Waals surface area (Å²) in [6, 6.07) is 0. The Hall–Kier alpha value is -1.85. The van der Waals surface area contributed by atoms with Crippen molar-refractivity contribution in [2.24, 2.45) is 0 Å². The van der Waals surface area contributed by atoms with Gasteiger partial charge in [0.05, 0.1) is 13.2 Å². The predicted octanol–water partition coefficient (Wildman–Crippen LogP) is -0.565. The van der Waals surface area contributed by atoms with E-state index in [-0.39, 0.29) is 5.97 Å². The lowest BCUT2D eigenvalue weighted by molar-refractivity contribution is -0.166. The van der Waals surface area contributed by atoms with E-state index in [2.05, 4.69) is 5.32 Å². The number of carboxylic acid groups (broad SMARTS) is 1. The van der Waals surface area contributed by atoms with Crippen LogP contribution < -0.4 is 5.32 Å². The second-order valence-corrected chi connectivity index (χ2v) is 4.76. The van der Waals surface area contributed by atoms with E-state index in [4.69, 9.17) is 29.5 Å². The molecule has 2 heterocycles. The average Bonchev–Trinajstić information content (AvgIpc) is 2.95. The van der Waals surface area contributed by atoms with Crippen molar-refractivity contribution in [2.45, 2.75) is 39.8 Å². The van der Waals surface area contributed by atoms with Crippen LogP contribution >= 0.6 is 0 Å². The maximum Gasteiger partial charge on any atom is 0.360 e. The van der Waals surface area contributed by atoms with Crippen molar-refractivity contribution in [3.05, 3.63) is 11.6 Å². The van der Waals surface area contributed by atoms with Crippen molar-refractivity contribution in [1.82, 2.24) is 5.32 Å². The number of rotatable bonds is 4. The first-order valence-electron chi connectivity index (χ1n) is 8.11. The minimum Gasteiger partial charge on any atom is -0.477 e. The minimum absolute atomic E-state index is 0.309. The second kappa shape index (κ2) is 18.0. The van der Waals surface area contributed by atoms with Gasteiger partial charge in [0.15, 0.2) is 0 Å². The van der Waals surface area contributed by atoms with Crippen molar-refractivity contribution < 1.29 is 43.9 Å². The summed E-state index contributed by atoms with van der Waals surface area (Å²) < 4.78 is 14.8. The minimum atomic E-state index is -2.23. The molecule has 2 aliphatic rings. The number of morpholine rings is 1. The fourth-order valence-corrected chi connectivity index (χ4v) is 1.32. The number of nitrogens with one attached hydrogen (secondary N) is 1. The second-order valence-electron chi connectivity index (χ2n) is 4.76. The third kappa shape index (κ3) is 17.0. The first-order chi connectivity index (χ1) is 12.3. The molecule has 0 aromatic heterocycles. The molecule has 1 saturated heterocycles. The van der Waals surface area contributed by atoms with Crippen LogP contribution in [0.2, 0.25) is 0 Å². The van der Waals surface area contributed by atoms with Crippen LogP contribution in [0.15, 0.2) is 11.6 Å². The van der Waals surface area contributed by atoms with Gasteiger partial charge in [-0.3, -0.25) is 0 Å². The van der Waals surface area contributed by atoms with E-state index in [9.17, 15) is 14.4 Å². The number of esters is 1. The Morgan fingerprint density at radius 2 is 1.88 bits per heavy atom. The average molecular weight is 379 g/mol. The summed E-state index contributed by atoms with van der Waals surface area (Å²) in [5.41, 5.74) is 0.840. The van der Waals surface area contributed by atoms with Crippen LogP contribution in [0.25, 0.3) is 0 Å². The number of carbonyl (C=O) groups is 3. The van der Waals surface area contributed by atoms with Gasteiger partial charge in [-0.1, -0.05) is 6.92 Å². The number of carboxylic acids is 1. The Balaban J connectivity index is 0. The lowest BCUT2D eigenvalue weighted by atomic mass is 10.3. The van der Waals surface area contributed by atoms with E-state index in [1.807, 2.05) is 20.8 Å². The molecule has 1 unspecified atom stereocenters. The molecule has 152 valence electrons. The van der Waals surface area contributed by atoms with E-state index < -0.39 is 18.5 Å². The van der Waals surface area contributed by atoms with Crippen LogP contribution in [0, 0.1) is 0 Å². The highest BCUT2D eigenvalue weighted by Crippen LogP contribution is 2.15. The Morgan fingerprint density at radius 1 is 1.38 bits per heavy atom. The lowest BCUT2D eigenvalue weighted by Crippen LogP contribution is -2.30. The van der Waals surface area contributed by atoms with Crippen LogP contribution in [-0.4, -0.2) is 79.0 Å². The Morgan fingerprint density at radius 3 is 2.08 bits per heavy atom. The molecule has 1 atom stereocenters. The molecular weight excluding hydrogens is 350 g/mol. The quantitative estimate of drug-likeness (QED) is 0.284. The molecule has 0 radical (unpaired) electrons. The van der Waals surface area contributed by atoms with E-state index in [0.29, 0.717) is 13.0 Å². The monoisotopic (exact) mass is 379 g/mol. The number of cyclic esters (lactones) is 1. The Labute approximate surface area is 152 Å². The number of carbonyl (C=O) groups excluding carboxylic acids is 2. The number of hydrogen-bond acceptors (Lipinski definition) is 9. The number of aliphatic hydroxyl groups is 2. The van der Waals surface area contributed by atoms with Gasteiger partial charge in [-0.2, -0.15) is 0 Å². The molecular formula is C16H29NO9. The van der Waals surface area contributed by atoms with Crippen molar-refractivity contribution in [1.29, 1.82) is 0 Å². The maximum absolute atomic E-state index is 10.6. The van der Waals surface area contributed by atoms with Crippen molar-refractivity contribution in [3.63, 3.8) is 0 Å². The molecule has 1 fully saturated rings. The lowest BCUT2D eigenvalue weighted by Gasteiger charge is -2.10. The smallest absolute Gasteiger partial charge is 0.360 e. The largest absolute Gasteiger partial charge is 0.477 e. The number of hydrogen-bond donors (Lipinski definition) is 4. The molecule has 0 aromatic carbocycles. The molecule has 2 rings (SSSR count). The molecule has 0 amide bonds. The van der Waals surface area contributed by atoms with Crippen LogP contribution in [0.5, 0.6) is 0 Å². The van der Waals surface area contributed by atoms with Crippen molar-refractivity contribution in [2.75, 3.05) is 32.9 Å². The van der Waals surface area contributed by atoms with Crippen LogP contribution in [0.1, 0.15) is 27.2 Å². The van der Waals surface area contributed by atoms with Crippen LogP contribution in [-0.2, 0) is 28.6 Å². The zero-order chi connectivity index (χ0) is 20.4. The molecule has 10 nitrogen and oxygen atoms in total. The van der Waals surface area contributed by atoms with Gasteiger partial charge in [-0.05, 0) is 13.8 Å². The fraction of sp³-hybridized carbons (Fsp3) is 0.688. The number of aliphatic hydroxyl groups excluding tert-OH is 1.